The molecule has 76 valence electrons. The molecule has 0 amide bonds. The molecule has 1 unspecified atom stereocenters. The fourth-order valence-corrected chi connectivity index (χ4v) is 2.07. The maximum atomic E-state index is 5.88. The highest BCUT2D eigenvalue weighted by molar-refractivity contribution is 7.80. The lowest BCUT2D eigenvalue weighted by atomic mass is 9.98. The highest BCUT2D eigenvalue weighted by atomic mass is 35.5. The highest BCUT2D eigenvalue weighted by Crippen LogP contribution is 2.26. The zero-order valence-electron chi connectivity index (χ0n) is 7.76. The number of nitrogens with two attached hydrogens (primary N) is 1. The summed E-state index contributed by atoms with van der Waals surface area (Å²) in [5.74, 6) is 0.253. The van der Waals surface area contributed by atoms with Gasteiger partial charge in [0.25, 0.3) is 0 Å². The number of rotatable bonds is 3. The van der Waals surface area contributed by atoms with Gasteiger partial charge in [-0.2, -0.15) is 0 Å². The van der Waals surface area contributed by atoms with Gasteiger partial charge < -0.3 is 5.73 Å². The Kier molecular flexibility index (Phi) is 4.17. The maximum Gasteiger partial charge on any atom is 0.0733 e. The van der Waals surface area contributed by atoms with Crippen molar-refractivity contribution in [2.24, 2.45) is 5.73 Å². The molecular formula is C10H11Cl2NS. The summed E-state index contributed by atoms with van der Waals surface area (Å²) in [6, 6.07) is 5.48. The summed E-state index contributed by atoms with van der Waals surface area (Å²) in [5.41, 5.74) is 6.54. The van der Waals surface area contributed by atoms with Gasteiger partial charge in [-0.05, 0) is 29.7 Å². The molecule has 0 aliphatic heterocycles. The number of hydrogen-bond acceptors (Lipinski definition) is 1. The van der Waals surface area contributed by atoms with Gasteiger partial charge in [-0.3, -0.25) is 0 Å². The molecule has 0 bridgehead atoms. The standard InChI is InChI=1S/C10H11Cl2NS/c1-6(2-10(13)14)7-3-8(11)5-9(12)4-7/h3-6H,2H2,1H3,(H2,13,14). The third-order valence-electron chi connectivity index (χ3n) is 1.96. The molecule has 0 aliphatic rings. The Labute approximate surface area is 99.2 Å². The number of hydrogen-bond donors (Lipinski definition) is 1. The minimum atomic E-state index is 0.253. The highest BCUT2D eigenvalue weighted by Gasteiger charge is 2.08. The molecule has 0 spiro atoms. The molecule has 0 fully saturated rings. The van der Waals surface area contributed by atoms with E-state index in [2.05, 4.69) is 0 Å². The minimum absolute atomic E-state index is 0.253. The first-order valence-corrected chi connectivity index (χ1v) is 5.39. The van der Waals surface area contributed by atoms with Gasteiger partial charge in [-0.25, -0.2) is 0 Å². The lowest BCUT2D eigenvalue weighted by molar-refractivity contribution is 0.807. The molecule has 14 heavy (non-hydrogen) atoms. The summed E-state index contributed by atoms with van der Waals surface area (Å²) in [7, 11) is 0. The number of benzene rings is 1. The van der Waals surface area contributed by atoms with Crippen molar-refractivity contribution in [2.75, 3.05) is 0 Å². The average molecular weight is 248 g/mol. The molecule has 0 radical (unpaired) electrons. The first-order valence-electron chi connectivity index (χ1n) is 4.23. The van der Waals surface area contributed by atoms with E-state index in [4.69, 9.17) is 41.2 Å². The molecule has 0 heterocycles. The van der Waals surface area contributed by atoms with Crippen LogP contribution in [0.4, 0.5) is 0 Å². The van der Waals surface area contributed by atoms with Crippen LogP contribution in [-0.2, 0) is 0 Å². The van der Waals surface area contributed by atoms with Crippen molar-refractivity contribution in [2.45, 2.75) is 19.3 Å². The van der Waals surface area contributed by atoms with Crippen LogP contribution >= 0.6 is 35.4 Å². The van der Waals surface area contributed by atoms with Crippen molar-refractivity contribution in [3.63, 3.8) is 0 Å². The maximum absolute atomic E-state index is 5.88. The third kappa shape index (κ3) is 3.45. The van der Waals surface area contributed by atoms with Crippen molar-refractivity contribution >= 4 is 40.4 Å². The second-order valence-electron chi connectivity index (χ2n) is 3.27. The van der Waals surface area contributed by atoms with E-state index in [1.54, 1.807) is 6.07 Å². The molecule has 1 rings (SSSR count). The third-order valence-corrected chi connectivity index (χ3v) is 2.56. The monoisotopic (exact) mass is 247 g/mol. The topological polar surface area (TPSA) is 26.0 Å². The van der Waals surface area contributed by atoms with Crippen molar-refractivity contribution in [3.05, 3.63) is 33.8 Å². The van der Waals surface area contributed by atoms with E-state index >= 15 is 0 Å². The summed E-state index contributed by atoms with van der Waals surface area (Å²) in [4.78, 5) is 0.508. The molecule has 1 aromatic rings. The van der Waals surface area contributed by atoms with Gasteiger partial charge in [0.2, 0.25) is 0 Å². The van der Waals surface area contributed by atoms with Crippen LogP contribution in [0.5, 0.6) is 0 Å². The van der Waals surface area contributed by atoms with Crippen LogP contribution in [0.25, 0.3) is 0 Å². The fourth-order valence-electron chi connectivity index (χ4n) is 1.28. The molecule has 4 heteroatoms. The first kappa shape index (κ1) is 11.8. The Morgan fingerprint density at radius 2 is 1.86 bits per heavy atom. The second kappa shape index (κ2) is 4.96. The van der Waals surface area contributed by atoms with Gasteiger partial charge in [0.05, 0.1) is 4.99 Å². The van der Waals surface area contributed by atoms with Crippen LogP contribution in [0.15, 0.2) is 18.2 Å². The summed E-state index contributed by atoms with van der Waals surface area (Å²) in [5, 5.41) is 1.28. The van der Waals surface area contributed by atoms with E-state index in [-0.39, 0.29) is 5.92 Å². The van der Waals surface area contributed by atoms with Gasteiger partial charge in [0, 0.05) is 16.5 Å². The van der Waals surface area contributed by atoms with E-state index in [9.17, 15) is 0 Å². The van der Waals surface area contributed by atoms with Gasteiger partial charge in [-0.1, -0.05) is 42.3 Å². The number of halogens is 2. The zero-order chi connectivity index (χ0) is 10.7. The molecule has 0 aromatic heterocycles. The van der Waals surface area contributed by atoms with E-state index in [1.807, 2.05) is 19.1 Å². The SMILES string of the molecule is CC(CC(N)=S)c1cc(Cl)cc(Cl)c1. The van der Waals surface area contributed by atoms with Crippen LogP contribution in [0.2, 0.25) is 10.0 Å². The van der Waals surface area contributed by atoms with Crippen molar-refractivity contribution in [1.29, 1.82) is 0 Å². The van der Waals surface area contributed by atoms with Gasteiger partial charge in [0.1, 0.15) is 0 Å². The Bertz CT molecular complexity index is 332. The molecular weight excluding hydrogens is 237 g/mol. The smallest absolute Gasteiger partial charge is 0.0733 e. The summed E-state index contributed by atoms with van der Waals surface area (Å²) < 4.78 is 0. The van der Waals surface area contributed by atoms with Crippen molar-refractivity contribution in [1.82, 2.24) is 0 Å². The molecule has 0 saturated carbocycles. The Morgan fingerprint density at radius 3 is 2.29 bits per heavy atom. The van der Waals surface area contributed by atoms with Crippen LogP contribution < -0.4 is 5.73 Å². The van der Waals surface area contributed by atoms with E-state index in [0.717, 1.165) is 5.56 Å². The second-order valence-corrected chi connectivity index (χ2v) is 4.67. The van der Waals surface area contributed by atoms with Crippen LogP contribution in [0.1, 0.15) is 24.8 Å². The Balaban J connectivity index is 2.89. The Hall–Kier alpha value is -0.310. The largest absolute Gasteiger partial charge is 0.393 e. The van der Waals surface area contributed by atoms with Crippen LogP contribution in [0.3, 0.4) is 0 Å². The summed E-state index contributed by atoms with van der Waals surface area (Å²) >= 11 is 16.6. The average Bonchev–Trinajstić information content (AvgIpc) is 2.00. The normalized spacial score (nSPS) is 12.5. The van der Waals surface area contributed by atoms with Gasteiger partial charge in [-0.15, -0.1) is 0 Å². The Morgan fingerprint density at radius 1 is 1.36 bits per heavy atom. The van der Waals surface area contributed by atoms with Crippen molar-refractivity contribution in [3.8, 4) is 0 Å². The number of thiocarbonyl (C=S) groups is 1. The lowest BCUT2D eigenvalue weighted by Gasteiger charge is -2.11. The van der Waals surface area contributed by atoms with E-state index in [0.29, 0.717) is 21.5 Å². The van der Waals surface area contributed by atoms with E-state index < -0.39 is 0 Å². The molecule has 0 saturated heterocycles. The van der Waals surface area contributed by atoms with Crippen LogP contribution in [0, 0.1) is 0 Å². The summed E-state index contributed by atoms with van der Waals surface area (Å²) in [6.07, 6.45) is 0.673. The molecule has 0 aliphatic carbocycles. The van der Waals surface area contributed by atoms with Gasteiger partial charge in [0.15, 0.2) is 0 Å². The van der Waals surface area contributed by atoms with E-state index in [1.165, 1.54) is 0 Å². The fraction of sp³-hybridized carbons (Fsp3) is 0.300. The molecule has 2 N–H and O–H groups in total. The predicted molar refractivity (Wildman–Crippen MR) is 66.3 cm³/mol. The minimum Gasteiger partial charge on any atom is -0.393 e. The molecule has 1 aromatic carbocycles. The molecule has 1 atom stereocenters. The molecule has 1 nitrogen and oxygen atoms in total. The first-order chi connectivity index (χ1) is 6.49. The lowest BCUT2D eigenvalue weighted by Crippen LogP contribution is -2.11. The zero-order valence-corrected chi connectivity index (χ0v) is 10.1. The quantitative estimate of drug-likeness (QED) is 0.824. The summed E-state index contributed by atoms with van der Waals surface area (Å²) in [6.45, 7) is 2.04. The van der Waals surface area contributed by atoms with Crippen molar-refractivity contribution < 1.29 is 0 Å². The predicted octanol–water partition coefficient (Wildman–Crippen LogP) is 3.77. The van der Waals surface area contributed by atoms with Crippen LogP contribution in [-0.4, -0.2) is 4.99 Å². The van der Waals surface area contributed by atoms with Gasteiger partial charge >= 0.3 is 0 Å².